The maximum absolute atomic E-state index is 12.1. The predicted octanol–water partition coefficient (Wildman–Crippen LogP) is 1.07. The van der Waals surface area contributed by atoms with Gasteiger partial charge in [0.2, 0.25) is 0 Å². The first-order valence-corrected chi connectivity index (χ1v) is 7.29. The van der Waals surface area contributed by atoms with Crippen molar-refractivity contribution < 1.29 is 14.3 Å². The zero-order chi connectivity index (χ0) is 13.7. The van der Waals surface area contributed by atoms with Gasteiger partial charge >= 0.3 is 5.97 Å². The molecule has 5 nitrogen and oxygen atoms in total. The molecule has 1 aromatic rings. The van der Waals surface area contributed by atoms with Gasteiger partial charge in [-0.15, -0.1) is 11.3 Å². The van der Waals surface area contributed by atoms with Crippen molar-refractivity contribution >= 4 is 23.2 Å². The van der Waals surface area contributed by atoms with E-state index in [9.17, 15) is 9.59 Å². The first-order chi connectivity index (χ1) is 9.20. The van der Waals surface area contributed by atoms with E-state index in [0.717, 1.165) is 18.0 Å². The Morgan fingerprint density at radius 3 is 2.63 bits per heavy atom. The first-order valence-electron chi connectivity index (χ1n) is 6.41. The highest BCUT2D eigenvalue weighted by molar-refractivity contribution is 7.12. The van der Waals surface area contributed by atoms with E-state index in [1.807, 2.05) is 27.3 Å². The van der Waals surface area contributed by atoms with Gasteiger partial charge in [-0.05, 0) is 18.4 Å². The lowest BCUT2D eigenvalue weighted by Crippen LogP contribution is -2.49. The van der Waals surface area contributed by atoms with E-state index >= 15 is 0 Å². The van der Waals surface area contributed by atoms with Crippen LogP contribution < -0.4 is 0 Å². The molecule has 0 unspecified atom stereocenters. The Kier molecular flexibility index (Phi) is 4.93. The van der Waals surface area contributed by atoms with Crippen LogP contribution in [0.1, 0.15) is 16.6 Å². The monoisotopic (exact) mass is 282 g/mol. The Morgan fingerprint density at radius 2 is 2.05 bits per heavy atom. The molecule has 1 aliphatic heterocycles. The van der Waals surface area contributed by atoms with Crippen LogP contribution >= 0.6 is 11.3 Å². The van der Waals surface area contributed by atoms with Gasteiger partial charge in [-0.3, -0.25) is 14.5 Å². The maximum Gasteiger partial charge on any atom is 0.320 e. The summed E-state index contributed by atoms with van der Waals surface area (Å²) in [6, 6.07) is 3.73. The van der Waals surface area contributed by atoms with E-state index < -0.39 is 0 Å². The highest BCUT2D eigenvalue weighted by Crippen LogP contribution is 2.13. The lowest BCUT2D eigenvalue weighted by Gasteiger charge is -2.33. The summed E-state index contributed by atoms with van der Waals surface area (Å²) in [7, 11) is 0. The van der Waals surface area contributed by atoms with Crippen molar-refractivity contribution in [3.63, 3.8) is 0 Å². The molecular weight excluding hydrogens is 264 g/mol. The molecule has 0 atom stereocenters. The third kappa shape index (κ3) is 3.78. The Hall–Kier alpha value is -1.40. The number of hydrogen-bond donors (Lipinski definition) is 0. The molecule has 1 saturated heterocycles. The van der Waals surface area contributed by atoms with E-state index in [-0.39, 0.29) is 11.9 Å². The Bertz CT molecular complexity index is 425. The molecule has 0 saturated carbocycles. The van der Waals surface area contributed by atoms with E-state index in [1.165, 1.54) is 11.3 Å². The van der Waals surface area contributed by atoms with E-state index in [1.54, 1.807) is 6.92 Å². The molecule has 0 bridgehead atoms. The van der Waals surface area contributed by atoms with Crippen molar-refractivity contribution in [1.82, 2.24) is 9.80 Å². The molecule has 19 heavy (non-hydrogen) atoms. The molecule has 2 heterocycles. The van der Waals surface area contributed by atoms with Gasteiger partial charge in [-0.2, -0.15) is 0 Å². The van der Waals surface area contributed by atoms with Crippen LogP contribution in [-0.2, 0) is 9.53 Å². The van der Waals surface area contributed by atoms with Crippen molar-refractivity contribution in [3.8, 4) is 0 Å². The molecule has 0 aromatic carbocycles. The summed E-state index contributed by atoms with van der Waals surface area (Å²) in [5, 5.41) is 1.91. The van der Waals surface area contributed by atoms with Gasteiger partial charge in [0.25, 0.3) is 5.91 Å². The highest BCUT2D eigenvalue weighted by atomic mass is 32.1. The molecule has 0 spiro atoms. The molecule has 1 amide bonds. The standard InChI is InChI=1S/C13H18N2O3S/c1-2-18-12(16)10-14-5-7-15(8-6-14)13(17)11-4-3-9-19-11/h3-4,9H,2,5-8,10H2,1H3. The first kappa shape index (κ1) is 14.0. The van der Waals surface area contributed by atoms with Gasteiger partial charge in [0, 0.05) is 26.2 Å². The average molecular weight is 282 g/mol. The Labute approximate surface area is 116 Å². The molecule has 1 aromatic heterocycles. The van der Waals surface area contributed by atoms with Crippen LogP contribution in [0, 0.1) is 0 Å². The summed E-state index contributed by atoms with van der Waals surface area (Å²) in [6.07, 6.45) is 0. The fourth-order valence-corrected chi connectivity index (χ4v) is 2.75. The molecular formula is C13H18N2O3S. The number of thiophene rings is 1. The second kappa shape index (κ2) is 6.68. The number of ether oxygens (including phenoxy) is 1. The molecule has 0 aliphatic carbocycles. The minimum atomic E-state index is -0.194. The number of piperazine rings is 1. The summed E-state index contributed by atoms with van der Waals surface area (Å²) in [6.45, 7) is 5.29. The SMILES string of the molecule is CCOC(=O)CN1CCN(C(=O)c2cccs2)CC1. The minimum Gasteiger partial charge on any atom is -0.465 e. The lowest BCUT2D eigenvalue weighted by molar-refractivity contribution is -0.144. The van der Waals surface area contributed by atoms with Crippen molar-refractivity contribution in [2.45, 2.75) is 6.92 Å². The van der Waals surface area contributed by atoms with Crippen molar-refractivity contribution in [2.24, 2.45) is 0 Å². The van der Waals surface area contributed by atoms with Gasteiger partial charge < -0.3 is 9.64 Å². The summed E-state index contributed by atoms with van der Waals surface area (Å²) in [5.41, 5.74) is 0. The van der Waals surface area contributed by atoms with E-state index in [2.05, 4.69) is 0 Å². The second-order valence-corrected chi connectivity index (χ2v) is 5.30. The fraction of sp³-hybridized carbons (Fsp3) is 0.538. The third-order valence-electron chi connectivity index (χ3n) is 3.05. The van der Waals surface area contributed by atoms with Crippen LogP contribution in [-0.4, -0.2) is 61.0 Å². The summed E-state index contributed by atoms with van der Waals surface area (Å²) < 4.78 is 4.92. The Balaban J connectivity index is 1.79. The molecule has 6 heteroatoms. The molecule has 1 aliphatic rings. The van der Waals surface area contributed by atoms with Crippen molar-refractivity contribution in [3.05, 3.63) is 22.4 Å². The maximum atomic E-state index is 12.1. The van der Waals surface area contributed by atoms with Crippen LogP contribution in [0.3, 0.4) is 0 Å². The van der Waals surface area contributed by atoms with Crippen LogP contribution in [0.15, 0.2) is 17.5 Å². The van der Waals surface area contributed by atoms with Gasteiger partial charge in [0.15, 0.2) is 0 Å². The third-order valence-corrected chi connectivity index (χ3v) is 3.91. The average Bonchev–Trinajstić information content (AvgIpc) is 2.93. The smallest absolute Gasteiger partial charge is 0.320 e. The number of nitrogens with zero attached hydrogens (tertiary/aromatic N) is 2. The fourth-order valence-electron chi connectivity index (χ4n) is 2.05. The van der Waals surface area contributed by atoms with Gasteiger partial charge in [-0.1, -0.05) is 6.07 Å². The number of carbonyl (C=O) groups excluding carboxylic acids is 2. The van der Waals surface area contributed by atoms with Crippen molar-refractivity contribution in [2.75, 3.05) is 39.3 Å². The van der Waals surface area contributed by atoms with E-state index in [4.69, 9.17) is 4.74 Å². The molecule has 2 rings (SSSR count). The van der Waals surface area contributed by atoms with Crippen LogP contribution in [0.4, 0.5) is 0 Å². The molecule has 0 N–H and O–H groups in total. The predicted molar refractivity (Wildman–Crippen MR) is 73.3 cm³/mol. The zero-order valence-electron chi connectivity index (χ0n) is 11.0. The largest absolute Gasteiger partial charge is 0.465 e. The number of esters is 1. The number of rotatable bonds is 4. The van der Waals surface area contributed by atoms with Crippen molar-refractivity contribution in [1.29, 1.82) is 0 Å². The number of hydrogen-bond acceptors (Lipinski definition) is 5. The zero-order valence-corrected chi connectivity index (χ0v) is 11.8. The van der Waals surface area contributed by atoms with Crippen LogP contribution in [0.5, 0.6) is 0 Å². The summed E-state index contributed by atoms with van der Waals surface area (Å²) in [5.74, 6) is -0.105. The second-order valence-electron chi connectivity index (χ2n) is 4.35. The molecule has 1 fully saturated rings. The van der Waals surface area contributed by atoms with Gasteiger partial charge in [0.05, 0.1) is 18.0 Å². The summed E-state index contributed by atoms with van der Waals surface area (Å²) in [4.78, 5) is 28.1. The lowest BCUT2D eigenvalue weighted by atomic mass is 10.3. The van der Waals surface area contributed by atoms with Crippen LogP contribution in [0.25, 0.3) is 0 Å². The Morgan fingerprint density at radius 1 is 1.32 bits per heavy atom. The number of amides is 1. The normalized spacial score (nSPS) is 16.4. The van der Waals surface area contributed by atoms with Crippen LogP contribution in [0.2, 0.25) is 0 Å². The minimum absolute atomic E-state index is 0.0887. The highest BCUT2D eigenvalue weighted by Gasteiger charge is 2.23. The summed E-state index contributed by atoms with van der Waals surface area (Å²) >= 11 is 1.46. The number of carbonyl (C=O) groups is 2. The quantitative estimate of drug-likeness (QED) is 0.775. The molecule has 104 valence electrons. The topological polar surface area (TPSA) is 49.9 Å². The van der Waals surface area contributed by atoms with Gasteiger partial charge in [0.1, 0.15) is 0 Å². The van der Waals surface area contributed by atoms with E-state index in [0.29, 0.717) is 26.2 Å². The van der Waals surface area contributed by atoms with Gasteiger partial charge in [-0.25, -0.2) is 0 Å². The molecule has 0 radical (unpaired) electrons.